The fourth-order valence-electron chi connectivity index (χ4n) is 4.41. The number of rotatable bonds is 4. The van der Waals surface area contributed by atoms with E-state index < -0.39 is 0 Å². The number of phenolic OH excluding ortho intramolecular Hbond substituents is 1. The standard InChI is InChI=1S/C21H27N7O.ClH/c1-20(2)8-15(9-21(3,4)28-20)25-19-22-12-17(26-27-19)16-6-5-13(7-18(16)29)14-10-23-24-11-14;/h5-7,10-12,15,28-29H,8-9H2,1-4H3,(H,23,24)(H,22,25,27);1H. The molecule has 1 aliphatic rings. The lowest BCUT2D eigenvalue weighted by Gasteiger charge is -2.46. The van der Waals surface area contributed by atoms with Crippen LogP contribution in [0.25, 0.3) is 22.4 Å². The molecule has 8 nitrogen and oxygen atoms in total. The number of benzene rings is 1. The van der Waals surface area contributed by atoms with Crippen molar-refractivity contribution in [1.29, 1.82) is 0 Å². The Hall–Kier alpha value is -2.71. The number of anilines is 1. The normalized spacial score (nSPS) is 17.9. The van der Waals surface area contributed by atoms with Crippen molar-refractivity contribution in [2.75, 3.05) is 5.32 Å². The zero-order chi connectivity index (χ0) is 20.6. The highest BCUT2D eigenvalue weighted by Gasteiger charge is 2.37. The maximum Gasteiger partial charge on any atom is 0.242 e. The minimum atomic E-state index is 0. The van der Waals surface area contributed by atoms with Crippen LogP contribution in [0.2, 0.25) is 0 Å². The van der Waals surface area contributed by atoms with Crippen molar-refractivity contribution in [2.24, 2.45) is 0 Å². The lowest BCUT2D eigenvalue weighted by Crippen LogP contribution is -2.60. The maximum atomic E-state index is 10.4. The molecule has 0 saturated carbocycles. The Bertz CT molecular complexity index is 971. The first kappa shape index (κ1) is 22.0. The van der Waals surface area contributed by atoms with E-state index in [1.54, 1.807) is 24.7 Å². The number of phenols is 1. The van der Waals surface area contributed by atoms with Crippen LogP contribution in [0.3, 0.4) is 0 Å². The lowest BCUT2D eigenvalue weighted by molar-refractivity contribution is 0.170. The molecule has 0 bridgehead atoms. The quantitative estimate of drug-likeness (QED) is 0.499. The third-order valence-corrected chi connectivity index (χ3v) is 5.19. The highest BCUT2D eigenvalue weighted by atomic mass is 35.5. The molecule has 3 heterocycles. The highest BCUT2D eigenvalue weighted by Crippen LogP contribution is 2.32. The molecular formula is C21H28ClN7O. The Kier molecular flexibility index (Phi) is 6.01. The molecule has 0 atom stereocenters. The molecule has 0 radical (unpaired) electrons. The number of hydrogen-bond acceptors (Lipinski definition) is 7. The Balaban J connectivity index is 0.00000256. The Labute approximate surface area is 182 Å². The van der Waals surface area contributed by atoms with Crippen LogP contribution < -0.4 is 10.6 Å². The van der Waals surface area contributed by atoms with Crippen LogP contribution in [-0.4, -0.2) is 47.6 Å². The van der Waals surface area contributed by atoms with E-state index >= 15 is 0 Å². The molecular weight excluding hydrogens is 402 g/mol. The average molecular weight is 430 g/mol. The number of aromatic amines is 1. The molecule has 1 saturated heterocycles. The number of aromatic nitrogens is 5. The van der Waals surface area contributed by atoms with E-state index in [1.165, 1.54) is 0 Å². The van der Waals surface area contributed by atoms with Gasteiger partial charge in [0.1, 0.15) is 11.4 Å². The number of hydrogen-bond donors (Lipinski definition) is 4. The number of nitrogens with zero attached hydrogens (tertiary/aromatic N) is 4. The Morgan fingerprint density at radius 2 is 1.77 bits per heavy atom. The van der Waals surface area contributed by atoms with E-state index in [2.05, 4.69) is 63.7 Å². The summed E-state index contributed by atoms with van der Waals surface area (Å²) in [6.07, 6.45) is 7.06. The summed E-state index contributed by atoms with van der Waals surface area (Å²) < 4.78 is 0. The predicted molar refractivity (Wildman–Crippen MR) is 120 cm³/mol. The number of aromatic hydroxyl groups is 1. The second kappa shape index (κ2) is 8.20. The number of halogens is 1. The van der Waals surface area contributed by atoms with Crippen molar-refractivity contribution < 1.29 is 5.11 Å². The molecule has 1 fully saturated rings. The largest absolute Gasteiger partial charge is 0.507 e. The molecule has 1 aliphatic heterocycles. The third-order valence-electron chi connectivity index (χ3n) is 5.19. The van der Waals surface area contributed by atoms with Crippen LogP contribution in [0.1, 0.15) is 40.5 Å². The molecule has 0 spiro atoms. The van der Waals surface area contributed by atoms with Crippen molar-refractivity contribution in [3.63, 3.8) is 0 Å². The molecule has 0 amide bonds. The van der Waals surface area contributed by atoms with E-state index in [0.717, 1.165) is 24.0 Å². The fourth-order valence-corrected chi connectivity index (χ4v) is 4.41. The second-order valence-corrected chi connectivity index (χ2v) is 9.03. The fraction of sp³-hybridized carbons (Fsp3) is 0.429. The summed E-state index contributed by atoms with van der Waals surface area (Å²) in [5, 5.41) is 32.7. The summed E-state index contributed by atoms with van der Waals surface area (Å²) in [5.41, 5.74) is 2.97. The monoisotopic (exact) mass is 429 g/mol. The van der Waals surface area contributed by atoms with Gasteiger partial charge in [-0.05, 0) is 58.2 Å². The Morgan fingerprint density at radius 3 is 2.33 bits per heavy atom. The highest BCUT2D eigenvalue weighted by molar-refractivity contribution is 5.85. The Morgan fingerprint density at radius 1 is 1.03 bits per heavy atom. The zero-order valence-corrected chi connectivity index (χ0v) is 18.4. The van der Waals surface area contributed by atoms with Gasteiger partial charge < -0.3 is 15.7 Å². The SMILES string of the molecule is CC1(C)CC(Nc2ncc(-c3ccc(-c4cn[nH]c4)cc3O)nn2)CC(C)(C)N1.Cl. The van der Waals surface area contributed by atoms with Crippen LogP contribution in [0.15, 0.2) is 36.8 Å². The van der Waals surface area contributed by atoms with Gasteiger partial charge in [0.2, 0.25) is 5.95 Å². The lowest BCUT2D eigenvalue weighted by atomic mass is 9.80. The first-order valence-corrected chi connectivity index (χ1v) is 9.79. The van der Waals surface area contributed by atoms with Crippen molar-refractivity contribution in [3.8, 4) is 28.1 Å². The first-order chi connectivity index (χ1) is 13.7. The van der Waals surface area contributed by atoms with Crippen LogP contribution in [0, 0.1) is 0 Å². The summed E-state index contributed by atoms with van der Waals surface area (Å²) >= 11 is 0. The third kappa shape index (κ3) is 4.88. The molecule has 2 aromatic heterocycles. The van der Waals surface area contributed by atoms with Crippen LogP contribution in [0.4, 0.5) is 5.95 Å². The average Bonchev–Trinajstić information content (AvgIpc) is 3.14. The summed E-state index contributed by atoms with van der Waals surface area (Å²) in [6, 6.07) is 5.67. The van der Waals surface area contributed by atoms with Gasteiger partial charge in [-0.3, -0.25) is 5.10 Å². The van der Waals surface area contributed by atoms with E-state index in [4.69, 9.17) is 0 Å². The van der Waals surface area contributed by atoms with Gasteiger partial charge in [0, 0.05) is 34.4 Å². The van der Waals surface area contributed by atoms with Gasteiger partial charge in [0.15, 0.2) is 0 Å². The van der Waals surface area contributed by atoms with Crippen LogP contribution >= 0.6 is 12.4 Å². The van der Waals surface area contributed by atoms with E-state index in [0.29, 0.717) is 17.2 Å². The minimum Gasteiger partial charge on any atom is -0.507 e. The van der Waals surface area contributed by atoms with Crippen molar-refractivity contribution in [2.45, 2.75) is 57.7 Å². The van der Waals surface area contributed by atoms with Gasteiger partial charge >= 0.3 is 0 Å². The van der Waals surface area contributed by atoms with Gasteiger partial charge in [-0.2, -0.15) is 5.10 Å². The first-order valence-electron chi connectivity index (χ1n) is 9.79. The molecule has 4 rings (SSSR count). The van der Waals surface area contributed by atoms with Gasteiger partial charge in [0.25, 0.3) is 0 Å². The molecule has 3 aromatic rings. The van der Waals surface area contributed by atoms with E-state index in [-0.39, 0.29) is 35.3 Å². The number of H-pyrrole nitrogens is 1. The summed E-state index contributed by atoms with van der Waals surface area (Å²) in [6.45, 7) is 8.84. The molecule has 0 aliphatic carbocycles. The van der Waals surface area contributed by atoms with Gasteiger partial charge in [0.05, 0.1) is 12.4 Å². The van der Waals surface area contributed by atoms with Gasteiger partial charge in [-0.15, -0.1) is 22.6 Å². The van der Waals surface area contributed by atoms with E-state index in [9.17, 15) is 5.11 Å². The molecule has 30 heavy (non-hydrogen) atoms. The van der Waals surface area contributed by atoms with Crippen molar-refractivity contribution in [3.05, 3.63) is 36.8 Å². The predicted octanol–water partition coefficient (Wildman–Crippen LogP) is 3.78. The van der Waals surface area contributed by atoms with Gasteiger partial charge in [-0.25, -0.2) is 4.98 Å². The summed E-state index contributed by atoms with van der Waals surface area (Å²) in [4.78, 5) is 4.43. The van der Waals surface area contributed by atoms with Crippen molar-refractivity contribution in [1.82, 2.24) is 30.7 Å². The minimum absolute atomic E-state index is 0. The topological polar surface area (TPSA) is 112 Å². The summed E-state index contributed by atoms with van der Waals surface area (Å²) in [7, 11) is 0. The molecule has 4 N–H and O–H groups in total. The van der Waals surface area contributed by atoms with Crippen LogP contribution in [0.5, 0.6) is 5.75 Å². The zero-order valence-electron chi connectivity index (χ0n) is 17.6. The molecule has 1 aromatic carbocycles. The number of nitrogens with one attached hydrogen (secondary N) is 3. The van der Waals surface area contributed by atoms with Crippen molar-refractivity contribution >= 4 is 18.4 Å². The maximum absolute atomic E-state index is 10.4. The van der Waals surface area contributed by atoms with Crippen LogP contribution in [-0.2, 0) is 0 Å². The molecule has 9 heteroatoms. The summed E-state index contributed by atoms with van der Waals surface area (Å²) in [5.74, 6) is 0.629. The van der Waals surface area contributed by atoms with E-state index in [1.807, 2.05) is 12.1 Å². The molecule has 0 unspecified atom stereocenters. The smallest absolute Gasteiger partial charge is 0.242 e. The van der Waals surface area contributed by atoms with Gasteiger partial charge in [-0.1, -0.05) is 6.07 Å². The number of piperidine rings is 1. The molecule has 160 valence electrons. The second-order valence-electron chi connectivity index (χ2n) is 9.03.